The largest absolute Gasteiger partial charge is 0.355 e. The molecule has 1 amide bonds. The summed E-state index contributed by atoms with van der Waals surface area (Å²) < 4.78 is 23.9. The van der Waals surface area contributed by atoms with Crippen LogP contribution in [0.2, 0.25) is 0 Å². The molecular formula is C8H16F2N2O. The van der Waals surface area contributed by atoms with Crippen molar-refractivity contribution in [2.75, 3.05) is 13.1 Å². The normalized spacial score (nSPS) is 13.0. The first kappa shape index (κ1) is 12.3. The molecule has 2 N–H and O–H groups in total. The van der Waals surface area contributed by atoms with Crippen molar-refractivity contribution in [1.82, 2.24) is 10.6 Å². The number of hydrogen-bond acceptors (Lipinski definition) is 2. The van der Waals surface area contributed by atoms with E-state index in [2.05, 4.69) is 10.6 Å². The van der Waals surface area contributed by atoms with Gasteiger partial charge in [0.25, 0.3) is 6.43 Å². The van der Waals surface area contributed by atoms with Gasteiger partial charge in [-0.3, -0.25) is 4.79 Å². The average molecular weight is 194 g/mol. The highest BCUT2D eigenvalue weighted by molar-refractivity contribution is 5.77. The van der Waals surface area contributed by atoms with Crippen molar-refractivity contribution < 1.29 is 13.6 Å². The van der Waals surface area contributed by atoms with Gasteiger partial charge in [-0.25, -0.2) is 8.78 Å². The van der Waals surface area contributed by atoms with E-state index in [1.807, 2.05) is 6.92 Å². The molecule has 0 saturated heterocycles. The van der Waals surface area contributed by atoms with E-state index in [-0.39, 0.29) is 12.5 Å². The Bertz CT molecular complexity index is 153. The van der Waals surface area contributed by atoms with E-state index in [4.69, 9.17) is 0 Å². The maximum absolute atomic E-state index is 11.9. The van der Waals surface area contributed by atoms with Crippen LogP contribution in [0.25, 0.3) is 0 Å². The van der Waals surface area contributed by atoms with E-state index in [0.717, 1.165) is 6.42 Å². The van der Waals surface area contributed by atoms with Crippen molar-refractivity contribution in [2.24, 2.45) is 0 Å². The fourth-order valence-electron chi connectivity index (χ4n) is 0.670. The topological polar surface area (TPSA) is 41.1 Å². The van der Waals surface area contributed by atoms with Crippen LogP contribution in [0.1, 0.15) is 20.3 Å². The molecule has 1 atom stereocenters. The first-order valence-corrected chi connectivity index (χ1v) is 4.36. The molecule has 13 heavy (non-hydrogen) atoms. The molecule has 5 heteroatoms. The van der Waals surface area contributed by atoms with Crippen molar-refractivity contribution in [3.63, 3.8) is 0 Å². The highest BCUT2D eigenvalue weighted by Gasteiger charge is 2.14. The molecule has 78 valence electrons. The Hall–Kier alpha value is -0.710. The smallest absolute Gasteiger partial charge is 0.253 e. The molecule has 0 saturated carbocycles. The van der Waals surface area contributed by atoms with Crippen molar-refractivity contribution in [1.29, 1.82) is 0 Å². The lowest BCUT2D eigenvalue weighted by Crippen LogP contribution is -2.41. The predicted octanol–water partition coefficient (Wildman–Crippen LogP) is 0.756. The van der Waals surface area contributed by atoms with E-state index in [0.29, 0.717) is 6.54 Å². The fourth-order valence-corrected chi connectivity index (χ4v) is 0.670. The zero-order valence-corrected chi connectivity index (χ0v) is 7.94. The van der Waals surface area contributed by atoms with Crippen molar-refractivity contribution in [3.05, 3.63) is 0 Å². The number of rotatable bonds is 6. The van der Waals surface area contributed by atoms with E-state index in [1.54, 1.807) is 0 Å². The van der Waals surface area contributed by atoms with Gasteiger partial charge in [-0.15, -0.1) is 0 Å². The highest BCUT2D eigenvalue weighted by atomic mass is 19.3. The number of carbonyl (C=O) groups is 1. The van der Waals surface area contributed by atoms with Gasteiger partial charge in [-0.1, -0.05) is 6.92 Å². The summed E-state index contributed by atoms with van der Waals surface area (Å²) in [5, 5.41) is 5.01. The number of hydrogen-bond donors (Lipinski definition) is 2. The Morgan fingerprint density at radius 3 is 2.54 bits per heavy atom. The number of amides is 1. The minimum atomic E-state index is -2.43. The zero-order chi connectivity index (χ0) is 10.3. The average Bonchev–Trinajstić information content (AvgIpc) is 2.10. The van der Waals surface area contributed by atoms with Gasteiger partial charge in [0, 0.05) is 6.54 Å². The van der Waals surface area contributed by atoms with Crippen molar-refractivity contribution in [2.45, 2.75) is 32.7 Å². The molecule has 0 heterocycles. The Balaban J connectivity index is 3.46. The van der Waals surface area contributed by atoms with Crippen LogP contribution in [-0.4, -0.2) is 31.5 Å². The van der Waals surface area contributed by atoms with Gasteiger partial charge < -0.3 is 10.6 Å². The second-order valence-corrected chi connectivity index (χ2v) is 2.85. The van der Waals surface area contributed by atoms with Crippen LogP contribution in [0.4, 0.5) is 8.78 Å². The monoisotopic (exact) mass is 194 g/mol. The van der Waals surface area contributed by atoms with Crippen LogP contribution in [0.3, 0.4) is 0 Å². The first-order valence-electron chi connectivity index (χ1n) is 4.36. The molecule has 0 bridgehead atoms. The maximum atomic E-state index is 11.9. The van der Waals surface area contributed by atoms with Gasteiger partial charge >= 0.3 is 0 Å². The van der Waals surface area contributed by atoms with Crippen LogP contribution in [-0.2, 0) is 4.79 Å². The quantitative estimate of drug-likeness (QED) is 0.655. The maximum Gasteiger partial charge on any atom is 0.253 e. The molecule has 1 unspecified atom stereocenters. The van der Waals surface area contributed by atoms with Gasteiger partial charge in [0.1, 0.15) is 0 Å². The molecule has 0 aromatic rings. The number of halogens is 2. The molecular weight excluding hydrogens is 178 g/mol. The van der Waals surface area contributed by atoms with Gasteiger partial charge in [0.05, 0.1) is 12.6 Å². The lowest BCUT2D eigenvalue weighted by atomic mass is 10.3. The molecule has 0 aromatic heterocycles. The Labute approximate surface area is 76.9 Å². The second-order valence-electron chi connectivity index (χ2n) is 2.85. The third-order valence-electron chi connectivity index (χ3n) is 1.53. The predicted molar refractivity (Wildman–Crippen MR) is 46.8 cm³/mol. The summed E-state index contributed by atoms with van der Waals surface area (Å²) in [4.78, 5) is 10.9. The summed E-state index contributed by atoms with van der Waals surface area (Å²) >= 11 is 0. The van der Waals surface area contributed by atoms with Crippen molar-refractivity contribution in [3.8, 4) is 0 Å². The lowest BCUT2D eigenvalue weighted by Gasteiger charge is -2.11. The summed E-state index contributed by atoms with van der Waals surface area (Å²) in [6.45, 7) is 3.81. The summed E-state index contributed by atoms with van der Waals surface area (Å²) in [6, 6.07) is -0.938. The number of carbonyl (C=O) groups excluding carboxylic acids is 1. The third-order valence-corrected chi connectivity index (χ3v) is 1.53. The summed E-state index contributed by atoms with van der Waals surface area (Å²) in [5.74, 6) is -0.241. The fraction of sp³-hybridized carbons (Fsp3) is 0.875. The summed E-state index contributed by atoms with van der Waals surface area (Å²) in [7, 11) is 0. The standard InChI is InChI=1S/C8H16F2N2O/c1-3-4-11-7(13)5-12-6(2)8(9)10/h6,8,12H,3-5H2,1-2H3,(H,11,13). The Morgan fingerprint density at radius 2 is 2.08 bits per heavy atom. The molecule has 0 aliphatic heterocycles. The summed E-state index contributed by atoms with van der Waals surface area (Å²) in [6.07, 6.45) is -1.59. The molecule has 0 aliphatic rings. The minimum absolute atomic E-state index is 0.0501. The zero-order valence-electron chi connectivity index (χ0n) is 7.94. The Morgan fingerprint density at radius 1 is 1.46 bits per heavy atom. The summed E-state index contributed by atoms with van der Waals surface area (Å²) in [5.41, 5.74) is 0. The van der Waals surface area contributed by atoms with E-state index < -0.39 is 12.5 Å². The SMILES string of the molecule is CCCNC(=O)CNC(C)C(F)F. The highest BCUT2D eigenvalue weighted by Crippen LogP contribution is 1.97. The minimum Gasteiger partial charge on any atom is -0.355 e. The molecule has 0 aliphatic carbocycles. The molecule has 0 fully saturated rings. The van der Waals surface area contributed by atoms with E-state index in [9.17, 15) is 13.6 Å². The van der Waals surface area contributed by atoms with Crippen LogP contribution >= 0.6 is 0 Å². The lowest BCUT2D eigenvalue weighted by molar-refractivity contribution is -0.120. The van der Waals surface area contributed by atoms with E-state index in [1.165, 1.54) is 6.92 Å². The first-order chi connectivity index (χ1) is 6.07. The molecule has 0 radical (unpaired) electrons. The Kier molecular flexibility index (Phi) is 6.40. The van der Waals surface area contributed by atoms with Gasteiger partial charge in [0.15, 0.2) is 0 Å². The molecule has 0 spiro atoms. The molecule has 0 rings (SSSR count). The number of nitrogens with one attached hydrogen (secondary N) is 2. The molecule has 0 aromatic carbocycles. The van der Waals surface area contributed by atoms with Gasteiger partial charge in [-0.05, 0) is 13.3 Å². The van der Waals surface area contributed by atoms with Crippen LogP contribution in [0, 0.1) is 0 Å². The number of alkyl halides is 2. The second kappa shape index (κ2) is 6.77. The van der Waals surface area contributed by atoms with E-state index >= 15 is 0 Å². The molecule has 3 nitrogen and oxygen atoms in total. The van der Waals surface area contributed by atoms with Crippen LogP contribution in [0.5, 0.6) is 0 Å². The van der Waals surface area contributed by atoms with Crippen LogP contribution < -0.4 is 10.6 Å². The van der Waals surface area contributed by atoms with Gasteiger partial charge in [0.2, 0.25) is 5.91 Å². The van der Waals surface area contributed by atoms with Gasteiger partial charge in [-0.2, -0.15) is 0 Å². The van der Waals surface area contributed by atoms with Crippen LogP contribution in [0.15, 0.2) is 0 Å². The van der Waals surface area contributed by atoms with Crippen molar-refractivity contribution >= 4 is 5.91 Å². The third kappa shape index (κ3) is 6.45.